The molecule has 2 N–H and O–H groups in total. The zero-order chi connectivity index (χ0) is 13.1. The molecular weight excluding hydrogens is 254 g/mol. The van der Waals surface area contributed by atoms with Crippen molar-refractivity contribution in [3.63, 3.8) is 0 Å². The second-order valence-corrected chi connectivity index (χ2v) is 5.08. The van der Waals surface area contributed by atoms with E-state index in [1.165, 1.54) is 22.5 Å². The summed E-state index contributed by atoms with van der Waals surface area (Å²) in [4.78, 5) is 28.1. The Labute approximate surface area is 108 Å². The number of rotatable bonds is 4. The fourth-order valence-corrected chi connectivity index (χ4v) is 2.63. The van der Waals surface area contributed by atoms with Gasteiger partial charge < -0.3 is 10.4 Å². The monoisotopic (exact) mass is 269 g/mol. The van der Waals surface area contributed by atoms with E-state index < -0.39 is 5.91 Å². The first-order valence-electron chi connectivity index (χ1n) is 5.81. The number of hydrogen-bond donors (Lipinski definition) is 2. The van der Waals surface area contributed by atoms with E-state index in [4.69, 9.17) is 5.11 Å². The fourth-order valence-electron chi connectivity index (χ4n) is 1.71. The van der Waals surface area contributed by atoms with Crippen molar-refractivity contribution in [2.45, 2.75) is 31.1 Å². The van der Waals surface area contributed by atoms with Gasteiger partial charge in [0.05, 0.1) is 12.6 Å². The molecule has 98 valence electrons. The second-order valence-electron chi connectivity index (χ2n) is 4.02. The molecule has 0 fully saturated rings. The van der Waals surface area contributed by atoms with Crippen LogP contribution in [0.25, 0.3) is 0 Å². The van der Waals surface area contributed by atoms with Crippen molar-refractivity contribution < 1.29 is 9.90 Å². The van der Waals surface area contributed by atoms with Gasteiger partial charge in [0, 0.05) is 18.5 Å². The summed E-state index contributed by atoms with van der Waals surface area (Å²) in [7, 11) is 0. The molecule has 0 saturated heterocycles. The zero-order valence-corrected chi connectivity index (χ0v) is 10.9. The lowest BCUT2D eigenvalue weighted by molar-refractivity contribution is 0.0912. The third-order valence-electron chi connectivity index (χ3n) is 2.85. The number of aromatic nitrogens is 2. The molecule has 1 aliphatic heterocycles. The van der Waals surface area contributed by atoms with Crippen molar-refractivity contribution in [3.05, 3.63) is 22.1 Å². The average Bonchev–Trinajstić information content (AvgIpc) is 2.85. The third-order valence-corrected chi connectivity index (χ3v) is 3.82. The van der Waals surface area contributed by atoms with Crippen molar-refractivity contribution >= 4 is 17.7 Å². The van der Waals surface area contributed by atoms with Crippen LogP contribution in [0, 0.1) is 0 Å². The van der Waals surface area contributed by atoms with Crippen LogP contribution in [0.5, 0.6) is 0 Å². The molecule has 2 rings (SSSR count). The molecule has 0 unspecified atom stereocenters. The van der Waals surface area contributed by atoms with Crippen LogP contribution in [-0.4, -0.2) is 39.0 Å². The predicted molar refractivity (Wildman–Crippen MR) is 67.9 cm³/mol. The molecule has 1 aromatic rings. The molecule has 0 spiro atoms. The number of carbonyl (C=O) groups is 1. The van der Waals surface area contributed by atoms with Crippen molar-refractivity contribution in [1.29, 1.82) is 0 Å². The Bertz CT molecular complexity index is 511. The van der Waals surface area contributed by atoms with Crippen molar-refractivity contribution in [2.24, 2.45) is 0 Å². The minimum Gasteiger partial charge on any atom is -0.394 e. The molecule has 0 aliphatic carbocycles. The standard InChI is InChI=1S/C11H15N3O3S/c1-2-7(6-15)13-9(16)8-5-12-11-14(10(8)17)3-4-18-11/h5,7,15H,2-4,6H2,1H3,(H,13,16)/t7-/m1/s1. The summed E-state index contributed by atoms with van der Waals surface area (Å²) in [6.45, 7) is 2.30. The van der Waals surface area contributed by atoms with Gasteiger partial charge in [0.15, 0.2) is 5.16 Å². The van der Waals surface area contributed by atoms with Crippen LogP contribution in [0.1, 0.15) is 23.7 Å². The molecule has 0 aromatic carbocycles. The lowest BCUT2D eigenvalue weighted by atomic mass is 10.2. The maximum absolute atomic E-state index is 12.0. The lowest BCUT2D eigenvalue weighted by Gasteiger charge is -2.13. The van der Waals surface area contributed by atoms with E-state index in [0.29, 0.717) is 18.1 Å². The minimum atomic E-state index is -0.472. The fraction of sp³-hybridized carbons (Fsp3) is 0.545. The van der Waals surface area contributed by atoms with Gasteiger partial charge >= 0.3 is 0 Å². The first-order valence-corrected chi connectivity index (χ1v) is 6.80. The van der Waals surface area contributed by atoms with Gasteiger partial charge in [-0.15, -0.1) is 0 Å². The number of fused-ring (bicyclic) bond motifs is 1. The Morgan fingerprint density at radius 1 is 1.72 bits per heavy atom. The molecular formula is C11H15N3O3S. The summed E-state index contributed by atoms with van der Waals surface area (Å²) in [6.07, 6.45) is 1.92. The van der Waals surface area contributed by atoms with Crippen LogP contribution in [0.4, 0.5) is 0 Å². The summed E-state index contributed by atoms with van der Waals surface area (Å²) in [5, 5.41) is 12.3. The summed E-state index contributed by atoms with van der Waals surface area (Å²) >= 11 is 1.51. The molecule has 0 radical (unpaired) electrons. The van der Waals surface area contributed by atoms with Crippen LogP contribution < -0.4 is 10.9 Å². The molecule has 6 nitrogen and oxygen atoms in total. The van der Waals surface area contributed by atoms with E-state index in [1.54, 1.807) is 0 Å². The summed E-state index contributed by atoms with van der Waals surface area (Å²) in [5.74, 6) is 0.335. The first kappa shape index (κ1) is 13.1. The number of carbonyl (C=O) groups excluding carboxylic acids is 1. The number of nitrogens with one attached hydrogen (secondary N) is 1. The Morgan fingerprint density at radius 2 is 2.50 bits per heavy atom. The summed E-state index contributed by atoms with van der Waals surface area (Å²) in [6, 6.07) is -0.329. The van der Waals surface area contributed by atoms with Gasteiger partial charge in [-0.05, 0) is 6.42 Å². The first-order chi connectivity index (χ1) is 8.67. The van der Waals surface area contributed by atoms with Gasteiger partial charge in [0.2, 0.25) is 0 Å². The van der Waals surface area contributed by atoms with E-state index in [9.17, 15) is 9.59 Å². The van der Waals surface area contributed by atoms with E-state index in [2.05, 4.69) is 10.3 Å². The van der Waals surface area contributed by atoms with E-state index in [-0.39, 0.29) is 23.8 Å². The highest BCUT2D eigenvalue weighted by Gasteiger charge is 2.21. The highest BCUT2D eigenvalue weighted by molar-refractivity contribution is 7.99. The van der Waals surface area contributed by atoms with Gasteiger partial charge in [-0.1, -0.05) is 18.7 Å². The number of nitrogens with zero attached hydrogens (tertiary/aromatic N) is 2. The molecule has 1 aromatic heterocycles. The quantitative estimate of drug-likeness (QED) is 0.743. The number of amides is 1. The summed E-state index contributed by atoms with van der Waals surface area (Å²) in [5.41, 5.74) is -0.275. The largest absolute Gasteiger partial charge is 0.394 e. The van der Waals surface area contributed by atoms with E-state index >= 15 is 0 Å². The topological polar surface area (TPSA) is 84.2 Å². The molecule has 0 bridgehead atoms. The molecule has 0 saturated carbocycles. The molecule has 1 atom stereocenters. The van der Waals surface area contributed by atoms with Gasteiger partial charge in [0.25, 0.3) is 11.5 Å². The molecule has 18 heavy (non-hydrogen) atoms. The zero-order valence-electron chi connectivity index (χ0n) is 10.0. The van der Waals surface area contributed by atoms with Crippen molar-refractivity contribution in [3.8, 4) is 0 Å². The predicted octanol–water partition coefficient (Wildman–Crippen LogP) is -0.150. The van der Waals surface area contributed by atoms with Crippen LogP contribution in [0.2, 0.25) is 0 Å². The molecule has 2 heterocycles. The number of aliphatic hydroxyl groups is 1. The number of aliphatic hydroxyl groups excluding tert-OH is 1. The Hall–Kier alpha value is -1.34. The average molecular weight is 269 g/mol. The van der Waals surface area contributed by atoms with Crippen LogP contribution in [0.15, 0.2) is 16.1 Å². The van der Waals surface area contributed by atoms with Gasteiger partial charge in [-0.2, -0.15) is 0 Å². The highest BCUT2D eigenvalue weighted by Crippen LogP contribution is 2.20. The van der Waals surface area contributed by atoms with Crippen molar-refractivity contribution in [1.82, 2.24) is 14.9 Å². The Morgan fingerprint density at radius 3 is 3.17 bits per heavy atom. The van der Waals surface area contributed by atoms with Gasteiger partial charge in [-0.3, -0.25) is 14.2 Å². The van der Waals surface area contributed by atoms with Gasteiger partial charge in [0.1, 0.15) is 5.56 Å². The lowest BCUT2D eigenvalue weighted by Crippen LogP contribution is -2.40. The minimum absolute atomic E-state index is 0.0353. The third kappa shape index (κ3) is 2.41. The van der Waals surface area contributed by atoms with Crippen LogP contribution in [-0.2, 0) is 6.54 Å². The molecule has 7 heteroatoms. The highest BCUT2D eigenvalue weighted by atomic mass is 32.2. The number of thioether (sulfide) groups is 1. The molecule has 1 aliphatic rings. The Kier molecular flexibility index (Phi) is 4.03. The normalized spacial score (nSPS) is 15.2. The maximum atomic E-state index is 12.0. The summed E-state index contributed by atoms with van der Waals surface area (Å²) < 4.78 is 1.51. The maximum Gasteiger partial charge on any atom is 0.267 e. The van der Waals surface area contributed by atoms with Crippen LogP contribution >= 0.6 is 11.8 Å². The van der Waals surface area contributed by atoms with Gasteiger partial charge in [-0.25, -0.2) is 4.98 Å². The van der Waals surface area contributed by atoms with E-state index in [1.807, 2.05) is 6.92 Å². The van der Waals surface area contributed by atoms with Crippen molar-refractivity contribution in [2.75, 3.05) is 12.4 Å². The Balaban J connectivity index is 2.24. The van der Waals surface area contributed by atoms with Crippen LogP contribution in [0.3, 0.4) is 0 Å². The number of hydrogen-bond acceptors (Lipinski definition) is 5. The smallest absolute Gasteiger partial charge is 0.267 e. The second kappa shape index (κ2) is 5.53. The van der Waals surface area contributed by atoms with E-state index in [0.717, 1.165) is 5.75 Å². The SMILES string of the molecule is CC[C@H](CO)NC(=O)c1cnc2n(c1=O)CCS2. The molecule has 1 amide bonds.